The van der Waals surface area contributed by atoms with Crippen molar-refractivity contribution in [3.05, 3.63) is 29.6 Å². The fourth-order valence-electron chi connectivity index (χ4n) is 0.627. The van der Waals surface area contributed by atoms with Gasteiger partial charge in [-0.2, -0.15) is 0 Å². The largest absolute Gasteiger partial charge is 0.296 e. The molecule has 0 aromatic carbocycles. The van der Waals surface area contributed by atoms with Crippen LogP contribution in [-0.4, -0.2) is 16.5 Å². The second-order valence-electron chi connectivity index (χ2n) is 1.84. The first-order valence-corrected chi connectivity index (χ1v) is 3.24. The summed E-state index contributed by atoms with van der Waals surface area (Å²) < 4.78 is 0. The molecule has 0 radical (unpaired) electrons. The van der Waals surface area contributed by atoms with Crippen molar-refractivity contribution in [1.29, 1.82) is 0 Å². The van der Waals surface area contributed by atoms with Crippen LogP contribution in [0.15, 0.2) is 18.2 Å². The van der Waals surface area contributed by atoms with E-state index in [-0.39, 0.29) is 11.4 Å². The summed E-state index contributed by atoms with van der Waals surface area (Å²) in [6.07, 6.45) is 0.559. The van der Waals surface area contributed by atoms with E-state index in [1.165, 1.54) is 12.1 Å². The fourth-order valence-corrected chi connectivity index (χ4v) is 0.732. The summed E-state index contributed by atoms with van der Waals surface area (Å²) in [7, 11) is 0. The zero-order chi connectivity index (χ0) is 8.27. The highest BCUT2D eigenvalue weighted by Crippen LogP contribution is 2.00. The highest BCUT2D eigenvalue weighted by atomic mass is 35.5. The molecule has 1 aromatic heterocycles. The van der Waals surface area contributed by atoms with Crippen molar-refractivity contribution < 1.29 is 9.59 Å². The molecule has 0 aliphatic heterocycles. The summed E-state index contributed by atoms with van der Waals surface area (Å²) in [5.74, 6) is 0. The normalized spacial score (nSPS) is 9.18. The highest BCUT2D eigenvalue weighted by molar-refractivity contribution is 6.67. The number of halogens is 1. The zero-order valence-corrected chi connectivity index (χ0v) is 6.21. The van der Waals surface area contributed by atoms with E-state index in [2.05, 4.69) is 4.98 Å². The van der Waals surface area contributed by atoms with Crippen molar-refractivity contribution >= 4 is 23.1 Å². The van der Waals surface area contributed by atoms with Crippen LogP contribution in [-0.2, 0) is 0 Å². The van der Waals surface area contributed by atoms with E-state index in [4.69, 9.17) is 11.6 Å². The topological polar surface area (TPSA) is 47.0 Å². The maximum Gasteiger partial charge on any atom is 0.270 e. The molecule has 3 nitrogen and oxygen atoms in total. The molecule has 1 aromatic rings. The lowest BCUT2D eigenvalue weighted by Crippen LogP contribution is -1.96. The van der Waals surface area contributed by atoms with Gasteiger partial charge in [-0.05, 0) is 23.7 Å². The molecule has 0 amide bonds. The van der Waals surface area contributed by atoms with Crippen molar-refractivity contribution in [2.45, 2.75) is 0 Å². The van der Waals surface area contributed by atoms with Crippen molar-refractivity contribution in [3.8, 4) is 0 Å². The Kier molecular flexibility index (Phi) is 2.33. The first-order chi connectivity index (χ1) is 5.24. The second-order valence-corrected chi connectivity index (χ2v) is 2.18. The number of aldehydes is 1. The summed E-state index contributed by atoms with van der Waals surface area (Å²) in [6, 6.07) is 4.49. The summed E-state index contributed by atoms with van der Waals surface area (Å²) in [5, 5.41) is -0.659. The molecule has 0 N–H and O–H groups in total. The minimum atomic E-state index is -0.659. The van der Waals surface area contributed by atoms with Crippen LogP contribution in [0.1, 0.15) is 21.0 Å². The molecule has 0 fully saturated rings. The van der Waals surface area contributed by atoms with Crippen LogP contribution in [0.25, 0.3) is 0 Å². The van der Waals surface area contributed by atoms with E-state index >= 15 is 0 Å². The summed E-state index contributed by atoms with van der Waals surface area (Å²) in [6.45, 7) is 0. The third kappa shape index (κ3) is 1.85. The number of pyridine rings is 1. The van der Waals surface area contributed by atoms with Crippen LogP contribution in [0.2, 0.25) is 0 Å². The number of nitrogens with zero attached hydrogens (tertiary/aromatic N) is 1. The van der Waals surface area contributed by atoms with Crippen LogP contribution in [0, 0.1) is 0 Å². The average molecular weight is 170 g/mol. The average Bonchev–Trinajstić information content (AvgIpc) is 2.05. The Morgan fingerprint density at radius 3 is 2.82 bits per heavy atom. The zero-order valence-electron chi connectivity index (χ0n) is 5.45. The molecule has 0 saturated heterocycles. The van der Waals surface area contributed by atoms with Gasteiger partial charge in [0, 0.05) is 0 Å². The molecule has 1 heterocycles. The molecule has 0 saturated carbocycles. The van der Waals surface area contributed by atoms with Crippen LogP contribution < -0.4 is 0 Å². The summed E-state index contributed by atoms with van der Waals surface area (Å²) in [4.78, 5) is 24.3. The Morgan fingerprint density at radius 1 is 1.55 bits per heavy atom. The monoisotopic (exact) mass is 169 g/mol. The Hall–Kier alpha value is -1.22. The Labute approximate surface area is 68.0 Å². The van der Waals surface area contributed by atoms with Gasteiger partial charge in [-0.15, -0.1) is 0 Å². The smallest absolute Gasteiger partial charge is 0.270 e. The van der Waals surface area contributed by atoms with E-state index in [1.54, 1.807) is 6.07 Å². The number of rotatable bonds is 2. The molecule has 0 unspecified atom stereocenters. The van der Waals surface area contributed by atoms with E-state index < -0.39 is 5.24 Å². The lowest BCUT2D eigenvalue weighted by Gasteiger charge is -1.91. The third-order valence-electron chi connectivity index (χ3n) is 1.09. The number of aromatic nitrogens is 1. The quantitative estimate of drug-likeness (QED) is 0.495. The highest BCUT2D eigenvalue weighted by Gasteiger charge is 2.02. The third-order valence-corrected chi connectivity index (χ3v) is 1.29. The van der Waals surface area contributed by atoms with Crippen LogP contribution in [0.3, 0.4) is 0 Å². The van der Waals surface area contributed by atoms with Crippen LogP contribution in [0.4, 0.5) is 0 Å². The Morgan fingerprint density at radius 2 is 2.27 bits per heavy atom. The van der Waals surface area contributed by atoms with Gasteiger partial charge in [-0.3, -0.25) is 9.59 Å². The number of carbonyl (C=O) groups is 2. The predicted octanol–water partition coefficient (Wildman–Crippen LogP) is 1.27. The van der Waals surface area contributed by atoms with Crippen LogP contribution >= 0.6 is 11.6 Å². The van der Waals surface area contributed by atoms with E-state index in [0.29, 0.717) is 6.29 Å². The van der Waals surface area contributed by atoms with Crippen molar-refractivity contribution in [2.75, 3.05) is 0 Å². The Balaban J connectivity index is 3.10. The van der Waals surface area contributed by atoms with E-state index in [9.17, 15) is 9.59 Å². The first kappa shape index (κ1) is 7.88. The van der Waals surface area contributed by atoms with Gasteiger partial charge in [-0.1, -0.05) is 6.07 Å². The van der Waals surface area contributed by atoms with Gasteiger partial charge in [0.2, 0.25) is 0 Å². The molecule has 0 spiro atoms. The number of hydrogen-bond donors (Lipinski definition) is 0. The minimum absolute atomic E-state index is 0.0938. The van der Waals surface area contributed by atoms with Gasteiger partial charge in [-0.25, -0.2) is 4.98 Å². The molecule has 4 heteroatoms. The van der Waals surface area contributed by atoms with Crippen LogP contribution in [0.5, 0.6) is 0 Å². The van der Waals surface area contributed by atoms with Crippen molar-refractivity contribution in [3.63, 3.8) is 0 Å². The van der Waals surface area contributed by atoms with Gasteiger partial charge < -0.3 is 0 Å². The van der Waals surface area contributed by atoms with Gasteiger partial charge in [0.25, 0.3) is 5.24 Å². The second kappa shape index (κ2) is 3.25. The maximum absolute atomic E-state index is 10.5. The van der Waals surface area contributed by atoms with E-state index in [0.717, 1.165) is 0 Å². The van der Waals surface area contributed by atoms with Gasteiger partial charge in [0.05, 0.1) is 0 Å². The lowest BCUT2D eigenvalue weighted by atomic mass is 10.3. The molecule has 0 aliphatic rings. The first-order valence-electron chi connectivity index (χ1n) is 2.86. The number of hydrogen-bond acceptors (Lipinski definition) is 3. The SMILES string of the molecule is O=Cc1cccc(C(=O)Cl)n1. The maximum atomic E-state index is 10.5. The molecule has 0 bridgehead atoms. The standard InChI is InChI=1S/C7H4ClNO2/c8-7(11)6-3-1-2-5(4-10)9-6/h1-4H. The molecule has 56 valence electrons. The molecular weight excluding hydrogens is 166 g/mol. The van der Waals surface area contributed by atoms with E-state index in [1.807, 2.05) is 0 Å². The van der Waals surface area contributed by atoms with Crippen molar-refractivity contribution in [2.24, 2.45) is 0 Å². The fraction of sp³-hybridized carbons (Fsp3) is 0. The van der Waals surface area contributed by atoms with Gasteiger partial charge in [0.15, 0.2) is 6.29 Å². The van der Waals surface area contributed by atoms with Crippen molar-refractivity contribution in [1.82, 2.24) is 4.98 Å². The van der Waals surface area contributed by atoms with Gasteiger partial charge in [0.1, 0.15) is 11.4 Å². The number of carbonyl (C=O) groups excluding carboxylic acids is 2. The summed E-state index contributed by atoms with van der Waals surface area (Å²) >= 11 is 5.11. The van der Waals surface area contributed by atoms with Gasteiger partial charge >= 0.3 is 0 Å². The predicted molar refractivity (Wildman–Crippen MR) is 39.8 cm³/mol. The molecule has 11 heavy (non-hydrogen) atoms. The molecule has 1 rings (SSSR count). The molecule has 0 aliphatic carbocycles. The minimum Gasteiger partial charge on any atom is -0.296 e. The molecular formula is C7H4ClNO2. The molecule has 0 atom stereocenters. The Bertz CT molecular complexity index is 298. The lowest BCUT2D eigenvalue weighted by molar-refractivity contribution is 0.107. The summed E-state index contributed by atoms with van der Waals surface area (Å²) in [5.41, 5.74) is 0.299.